The Morgan fingerprint density at radius 2 is 2.47 bits per heavy atom. The standard InChI is InChI=1S/C10H17N5O2/c1-10(7-11-8-10)17-6-9(16)12-2-4-15-5-3-13-14-15/h3,5,11H,2,4,6-8H2,1H3,(H,12,16). The maximum atomic E-state index is 11.5. The number of hydrogen-bond acceptors (Lipinski definition) is 5. The molecular weight excluding hydrogens is 222 g/mol. The quantitative estimate of drug-likeness (QED) is 0.650. The van der Waals surface area contributed by atoms with Crippen molar-refractivity contribution < 1.29 is 9.53 Å². The average Bonchev–Trinajstić information content (AvgIpc) is 2.77. The lowest BCUT2D eigenvalue weighted by molar-refractivity contribution is -0.135. The molecule has 1 amide bonds. The summed E-state index contributed by atoms with van der Waals surface area (Å²) < 4.78 is 7.17. The van der Waals surface area contributed by atoms with Gasteiger partial charge in [-0.25, -0.2) is 0 Å². The third kappa shape index (κ3) is 3.50. The molecule has 0 bridgehead atoms. The highest BCUT2D eigenvalue weighted by molar-refractivity contribution is 5.77. The van der Waals surface area contributed by atoms with Crippen LogP contribution in [0.2, 0.25) is 0 Å². The SMILES string of the molecule is CC1(OCC(=O)NCCn2ccnn2)CNC1. The van der Waals surface area contributed by atoms with E-state index in [9.17, 15) is 4.79 Å². The zero-order valence-electron chi connectivity index (χ0n) is 9.85. The Morgan fingerprint density at radius 3 is 3.06 bits per heavy atom. The minimum absolute atomic E-state index is 0.0989. The molecule has 1 saturated heterocycles. The number of carbonyl (C=O) groups excluding carboxylic acids is 1. The highest BCUT2D eigenvalue weighted by Gasteiger charge is 2.32. The Kier molecular flexibility index (Phi) is 3.70. The first kappa shape index (κ1) is 12.0. The number of nitrogens with zero attached hydrogens (tertiary/aromatic N) is 3. The van der Waals surface area contributed by atoms with E-state index in [0.29, 0.717) is 13.1 Å². The molecule has 17 heavy (non-hydrogen) atoms. The van der Waals surface area contributed by atoms with Gasteiger partial charge in [0.1, 0.15) is 6.61 Å². The van der Waals surface area contributed by atoms with Gasteiger partial charge in [0.25, 0.3) is 0 Å². The molecule has 1 aliphatic rings. The van der Waals surface area contributed by atoms with Crippen molar-refractivity contribution in [1.29, 1.82) is 0 Å². The van der Waals surface area contributed by atoms with E-state index in [4.69, 9.17) is 4.74 Å². The van der Waals surface area contributed by atoms with Crippen LogP contribution in [0.1, 0.15) is 6.92 Å². The summed E-state index contributed by atoms with van der Waals surface area (Å²) in [7, 11) is 0. The topological polar surface area (TPSA) is 81.1 Å². The first-order valence-electron chi connectivity index (χ1n) is 5.63. The smallest absolute Gasteiger partial charge is 0.246 e. The van der Waals surface area contributed by atoms with Gasteiger partial charge in [0.05, 0.1) is 18.3 Å². The third-order valence-electron chi connectivity index (χ3n) is 2.68. The molecule has 2 N–H and O–H groups in total. The molecule has 1 aromatic heterocycles. The fourth-order valence-corrected chi connectivity index (χ4v) is 1.53. The molecule has 2 rings (SSSR count). The van der Waals surface area contributed by atoms with Crippen LogP contribution in [-0.4, -0.2) is 52.7 Å². The molecule has 1 aromatic rings. The summed E-state index contributed by atoms with van der Waals surface area (Å²) in [6.07, 6.45) is 3.36. The maximum Gasteiger partial charge on any atom is 0.246 e. The van der Waals surface area contributed by atoms with Gasteiger partial charge in [-0.15, -0.1) is 5.10 Å². The van der Waals surface area contributed by atoms with Crippen molar-refractivity contribution in [2.75, 3.05) is 26.2 Å². The van der Waals surface area contributed by atoms with Gasteiger partial charge in [0.2, 0.25) is 5.91 Å². The number of amides is 1. The van der Waals surface area contributed by atoms with Gasteiger partial charge in [-0.05, 0) is 6.92 Å². The van der Waals surface area contributed by atoms with E-state index in [1.54, 1.807) is 17.1 Å². The number of hydrogen-bond donors (Lipinski definition) is 2. The van der Waals surface area contributed by atoms with Crippen LogP contribution in [0, 0.1) is 0 Å². The largest absolute Gasteiger partial charge is 0.363 e. The molecule has 2 heterocycles. The predicted molar refractivity (Wildman–Crippen MR) is 60.3 cm³/mol. The lowest BCUT2D eigenvalue weighted by Crippen LogP contribution is -2.59. The van der Waals surface area contributed by atoms with Crippen LogP contribution in [0.25, 0.3) is 0 Å². The van der Waals surface area contributed by atoms with Crippen molar-refractivity contribution >= 4 is 5.91 Å². The summed E-state index contributed by atoms with van der Waals surface area (Å²) >= 11 is 0. The molecule has 0 saturated carbocycles. The molecule has 1 aliphatic heterocycles. The van der Waals surface area contributed by atoms with E-state index in [2.05, 4.69) is 20.9 Å². The molecule has 0 aromatic carbocycles. The number of aromatic nitrogens is 3. The Hall–Kier alpha value is -1.47. The summed E-state index contributed by atoms with van der Waals surface area (Å²) in [5, 5.41) is 13.4. The summed E-state index contributed by atoms with van der Waals surface area (Å²) in [6.45, 7) is 4.85. The van der Waals surface area contributed by atoms with Crippen LogP contribution >= 0.6 is 0 Å². The monoisotopic (exact) mass is 239 g/mol. The molecule has 7 nitrogen and oxygen atoms in total. The molecule has 0 aliphatic carbocycles. The normalized spacial score (nSPS) is 17.5. The van der Waals surface area contributed by atoms with Crippen molar-refractivity contribution in [1.82, 2.24) is 25.6 Å². The van der Waals surface area contributed by atoms with E-state index >= 15 is 0 Å². The number of carbonyl (C=O) groups is 1. The van der Waals surface area contributed by atoms with Gasteiger partial charge in [0.15, 0.2) is 0 Å². The van der Waals surface area contributed by atoms with E-state index in [1.165, 1.54) is 0 Å². The maximum absolute atomic E-state index is 11.5. The first-order chi connectivity index (χ1) is 8.18. The lowest BCUT2D eigenvalue weighted by atomic mass is 10.0. The number of ether oxygens (including phenoxy) is 1. The average molecular weight is 239 g/mol. The second-order valence-corrected chi connectivity index (χ2v) is 4.36. The van der Waals surface area contributed by atoms with Crippen LogP contribution in [0.5, 0.6) is 0 Å². The summed E-state index contributed by atoms with van der Waals surface area (Å²) in [5.41, 5.74) is -0.177. The van der Waals surface area contributed by atoms with Crippen molar-refractivity contribution in [3.05, 3.63) is 12.4 Å². The fraction of sp³-hybridized carbons (Fsp3) is 0.700. The van der Waals surface area contributed by atoms with Crippen molar-refractivity contribution in [3.8, 4) is 0 Å². The Balaban J connectivity index is 1.58. The van der Waals surface area contributed by atoms with Crippen LogP contribution in [-0.2, 0) is 16.1 Å². The van der Waals surface area contributed by atoms with Gasteiger partial charge in [-0.3, -0.25) is 9.48 Å². The van der Waals surface area contributed by atoms with Gasteiger partial charge >= 0.3 is 0 Å². The minimum atomic E-state index is -0.177. The number of rotatable bonds is 6. The van der Waals surface area contributed by atoms with E-state index < -0.39 is 0 Å². The van der Waals surface area contributed by atoms with E-state index in [-0.39, 0.29) is 18.1 Å². The third-order valence-corrected chi connectivity index (χ3v) is 2.68. The van der Waals surface area contributed by atoms with Gasteiger partial charge in [-0.2, -0.15) is 0 Å². The molecule has 94 valence electrons. The number of nitrogens with one attached hydrogen (secondary N) is 2. The second kappa shape index (κ2) is 5.24. The van der Waals surface area contributed by atoms with Crippen molar-refractivity contribution in [2.45, 2.75) is 19.1 Å². The van der Waals surface area contributed by atoms with Gasteiger partial charge in [-0.1, -0.05) is 5.21 Å². The summed E-state index contributed by atoms with van der Waals surface area (Å²) in [5.74, 6) is -0.0989. The van der Waals surface area contributed by atoms with Crippen LogP contribution in [0.3, 0.4) is 0 Å². The Labute approximate surface area is 99.5 Å². The Morgan fingerprint density at radius 1 is 1.65 bits per heavy atom. The zero-order chi connectivity index (χ0) is 12.1. The van der Waals surface area contributed by atoms with Gasteiger partial charge < -0.3 is 15.4 Å². The summed E-state index contributed by atoms with van der Waals surface area (Å²) in [6, 6.07) is 0. The molecule has 0 unspecified atom stereocenters. The van der Waals surface area contributed by atoms with E-state index in [1.807, 2.05) is 6.92 Å². The fourth-order valence-electron chi connectivity index (χ4n) is 1.53. The lowest BCUT2D eigenvalue weighted by Gasteiger charge is -2.38. The predicted octanol–water partition coefficient (Wildman–Crippen LogP) is -1.23. The first-order valence-corrected chi connectivity index (χ1v) is 5.63. The highest BCUT2D eigenvalue weighted by atomic mass is 16.5. The van der Waals surface area contributed by atoms with Crippen LogP contribution in [0.4, 0.5) is 0 Å². The van der Waals surface area contributed by atoms with Crippen molar-refractivity contribution in [2.24, 2.45) is 0 Å². The molecule has 0 atom stereocenters. The Bertz CT molecular complexity index is 361. The molecule has 0 spiro atoms. The van der Waals surface area contributed by atoms with Crippen LogP contribution < -0.4 is 10.6 Å². The minimum Gasteiger partial charge on any atom is -0.363 e. The van der Waals surface area contributed by atoms with Gasteiger partial charge in [0, 0.05) is 25.8 Å². The molecule has 1 fully saturated rings. The zero-order valence-corrected chi connectivity index (χ0v) is 9.85. The van der Waals surface area contributed by atoms with E-state index in [0.717, 1.165) is 13.1 Å². The van der Waals surface area contributed by atoms with Crippen molar-refractivity contribution in [3.63, 3.8) is 0 Å². The summed E-state index contributed by atoms with van der Waals surface area (Å²) in [4.78, 5) is 11.5. The molecule has 0 radical (unpaired) electrons. The molecular formula is C10H17N5O2. The second-order valence-electron chi connectivity index (χ2n) is 4.36. The molecule has 7 heteroatoms. The highest BCUT2D eigenvalue weighted by Crippen LogP contribution is 2.14. The van der Waals surface area contributed by atoms with Crippen LogP contribution in [0.15, 0.2) is 12.4 Å².